The minimum absolute atomic E-state index is 0.115. The van der Waals surface area contributed by atoms with E-state index in [1.807, 2.05) is 0 Å². The van der Waals surface area contributed by atoms with Gasteiger partial charge in [0, 0.05) is 6.61 Å². The van der Waals surface area contributed by atoms with Crippen LogP contribution in [0.4, 0.5) is 0 Å². The standard InChI is InChI=1S/C14H28O4/c1-2-18-14(17)12-13(16)10-8-6-4-3-5-7-9-11-15/h13,15-16H,2-12H2,1H3. The number of hydrogen-bond donors (Lipinski definition) is 2. The van der Waals surface area contributed by atoms with Crippen LogP contribution in [-0.4, -0.2) is 35.5 Å². The molecule has 4 heteroatoms. The molecule has 0 aromatic rings. The van der Waals surface area contributed by atoms with Crippen molar-refractivity contribution in [2.24, 2.45) is 0 Å². The van der Waals surface area contributed by atoms with Crippen LogP contribution in [0.2, 0.25) is 0 Å². The summed E-state index contributed by atoms with van der Waals surface area (Å²) < 4.78 is 4.78. The second-order valence-corrected chi connectivity index (χ2v) is 4.65. The van der Waals surface area contributed by atoms with Gasteiger partial charge < -0.3 is 14.9 Å². The molecule has 0 saturated heterocycles. The molecular weight excluding hydrogens is 232 g/mol. The van der Waals surface area contributed by atoms with Crippen LogP contribution < -0.4 is 0 Å². The summed E-state index contributed by atoms with van der Waals surface area (Å²) in [5.41, 5.74) is 0. The molecule has 0 heterocycles. The third kappa shape index (κ3) is 11.9. The molecule has 108 valence electrons. The van der Waals surface area contributed by atoms with Gasteiger partial charge in [-0.15, -0.1) is 0 Å². The Labute approximate surface area is 110 Å². The lowest BCUT2D eigenvalue weighted by Crippen LogP contribution is -2.15. The lowest BCUT2D eigenvalue weighted by Gasteiger charge is -2.09. The van der Waals surface area contributed by atoms with Crippen molar-refractivity contribution in [3.05, 3.63) is 0 Å². The van der Waals surface area contributed by atoms with E-state index in [0.29, 0.717) is 19.6 Å². The predicted molar refractivity (Wildman–Crippen MR) is 71.3 cm³/mol. The average molecular weight is 260 g/mol. The van der Waals surface area contributed by atoms with E-state index in [2.05, 4.69) is 0 Å². The molecule has 0 aliphatic rings. The first-order valence-electron chi connectivity index (χ1n) is 7.15. The number of rotatable bonds is 12. The zero-order valence-corrected chi connectivity index (χ0v) is 11.6. The molecule has 4 nitrogen and oxygen atoms in total. The SMILES string of the molecule is CCOC(=O)CC(O)CCCCCCCCCO. The predicted octanol–water partition coefficient (Wildman–Crippen LogP) is 2.41. The average Bonchev–Trinajstić information content (AvgIpc) is 2.32. The van der Waals surface area contributed by atoms with Gasteiger partial charge in [-0.2, -0.15) is 0 Å². The van der Waals surface area contributed by atoms with Crippen molar-refractivity contribution in [1.29, 1.82) is 0 Å². The third-order valence-corrected chi connectivity index (χ3v) is 2.90. The highest BCUT2D eigenvalue weighted by molar-refractivity contribution is 5.69. The fourth-order valence-corrected chi connectivity index (χ4v) is 1.89. The quantitative estimate of drug-likeness (QED) is 0.418. The van der Waals surface area contributed by atoms with Crippen LogP contribution >= 0.6 is 0 Å². The van der Waals surface area contributed by atoms with Crippen molar-refractivity contribution in [2.45, 2.75) is 70.8 Å². The van der Waals surface area contributed by atoms with Gasteiger partial charge in [-0.25, -0.2) is 0 Å². The molecule has 0 aromatic carbocycles. The van der Waals surface area contributed by atoms with Crippen LogP contribution in [0.15, 0.2) is 0 Å². The lowest BCUT2D eigenvalue weighted by molar-refractivity contribution is -0.145. The van der Waals surface area contributed by atoms with E-state index in [-0.39, 0.29) is 12.4 Å². The summed E-state index contributed by atoms with van der Waals surface area (Å²) >= 11 is 0. The molecule has 0 bridgehead atoms. The molecule has 0 fully saturated rings. The Kier molecular flexibility index (Phi) is 12.4. The molecule has 0 aromatic heterocycles. The van der Waals surface area contributed by atoms with Gasteiger partial charge in [-0.1, -0.05) is 38.5 Å². The van der Waals surface area contributed by atoms with Crippen LogP contribution in [0, 0.1) is 0 Å². The topological polar surface area (TPSA) is 66.8 Å². The van der Waals surface area contributed by atoms with Crippen LogP contribution in [0.1, 0.15) is 64.7 Å². The van der Waals surface area contributed by atoms with Crippen molar-refractivity contribution in [3.63, 3.8) is 0 Å². The summed E-state index contributed by atoms with van der Waals surface area (Å²) in [5.74, 6) is -0.311. The molecule has 0 amide bonds. The minimum atomic E-state index is -0.557. The number of esters is 1. The summed E-state index contributed by atoms with van der Waals surface area (Å²) in [6, 6.07) is 0. The third-order valence-electron chi connectivity index (χ3n) is 2.90. The zero-order chi connectivity index (χ0) is 13.6. The Hall–Kier alpha value is -0.610. The normalized spacial score (nSPS) is 12.4. The molecule has 0 aliphatic heterocycles. The summed E-state index contributed by atoms with van der Waals surface area (Å²) in [5, 5.41) is 18.2. The summed E-state index contributed by atoms with van der Waals surface area (Å²) in [7, 11) is 0. The van der Waals surface area contributed by atoms with E-state index in [9.17, 15) is 9.90 Å². The van der Waals surface area contributed by atoms with Crippen molar-refractivity contribution >= 4 is 5.97 Å². The Morgan fingerprint density at radius 3 is 2.17 bits per heavy atom. The number of carbonyl (C=O) groups excluding carboxylic acids is 1. The Morgan fingerprint density at radius 1 is 1.06 bits per heavy atom. The van der Waals surface area contributed by atoms with Gasteiger partial charge in [0.05, 0.1) is 19.1 Å². The molecule has 0 saturated carbocycles. The fraction of sp³-hybridized carbons (Fsp3) is 0.929. The smallest absolute Gasteiger partial charge is 0.308 e. The van der Waals surface area contributed by atoms with Gasteiger partial charge in [0.1, 0.15) is 0 Å². The number of ether oxygens (including phenoxy) is 1. The first-order chi connectivity index (χ1) is 8.70. The second kappa shape index (κ2) is 12.8. The van der Waals surface area contributed by atoms with Gasteiger partial charge in [-0.3, -0.25) is 4.79 Å². The monoisotopic (exact) mass is 260 g/mol. The first kappa shape index (κ1) is 17.4. The van der Waals surface area contributed by atoms with E-state index >= 15 is 0 Å². The Bertz CT molecular complexity index is 194. The maximum Gasteiger partial charge on any atom is 0.308 e. The lowest BCUT2D eigenvalue weighted by atomic mass is 10.0. The van der Waals surface area contributed by atoms with Crippen molar-refractivity contribution in [3.8, 4) is 0 Å². The van der Waals surface area contributed by atoms with Crippen LogP contribution in [0.25, 0.3) is 0 Å². The van der Waals surface area contributed by atoms with E-state index in [0.717, 1.165) is 32.1 Å². The highest BCUT2D eigenvalue weighted by atomic mass is 16.5. The summed E-state index contributed by atoms with van der Waals surface area (Å²) in [4.78, 5) is 11.1. The molecular formula is C14H28O4. The van der Waals surface area contributed by atoms with Crippen molar-refractivity contribution in [2.75, 3.05) is 13.2 Å². The van der Waals surface area contributed by atoms with E-state index in [1.165, 1.54) is 12.8 Å². The Balaban J connectivity index is 3.24. The summed E-state index contributed by atoms with van der Waals surface area (Å²) in [6.45, 7) is 2.43. The van der Waals surface area contributed by atoms with E-state index in [4.69, 9.17) is 9.84 Å². The largest absolute Gasteiger partial charge is 0.466 e. The molecule has 0 aliphatic carbocycles. The molecule has 1 unspecified atom stereocenters. The molecule has 0 rings (SSSR count). The molecule has 0 radical (unpaired) electrons. The Morgan fingerprint density at radius 2 is 1.61 bits per heavy atom. The first-order valence-corrected chi connectivity index (χ1v) is 7.15. The number of aliphatic hydroxyl groups excluding tert-OH is 2. The maximum absolute atomic E-state index is 11.1. The highest BCUT2D eigenvalue weighted by Gasteiger charge is 2.10. The molecule has 2 N–H and O–H groups in total. The maximum atomic E-state index is 11.1. The van der Waals surface area contributed by atoms with Crippen LogP contribution in [0.3, 0.4) is 0 Å². The highest BCUT2D eigenvalue weighted by Crippen LogP contribution is 2.11. The second-order valence-electron chi connectivity index (χ2n) is 4.65. The van der Waals surface area contributed by atoms with E-state index < -0.39 is 6.10 Å². The van der Waals surface area contributed by atoms with Gasteiger partial charge in [-0.05, 0) is 19.8 Å². The van der Waals surface area contributed by atoms with Crippen LogP contribution in [0.5, 0.6) is 0 Å². The molecule has 0 spiro atoms. The number of carbonyl (C=O) groups is 1. The number of hydrogen-bond acceptors (Lipinski definition) is 4. The zero-order valence-electron chi connectivity index (χ0n) is 11.6. The van der Waals surface area contributed by atoms with Crippen molar-refractivity contribution < 1.29 is 19.7 Å². The minimum Gasteiger partial charge on any atom is -0.466 e. The molecule has 18 heavy (non-hydrogen) atoms. The number of unbranched alkanes of at least 4 members (excludes halogenated alkanes) is 6. The molecule has 1 atom stereocenters. The van der Waals surface area contributed by atoms with Gasteiger partial charge in [0.25, 0.3) is 0 Å². The van der Waals surface area contributed by atoms with Crippen molar-refractivity contribution in [1.82, 2.24) is 0 Å². The van der Waals surface area contributed by atoms with Gasteiger partial charge in [0.15, 0.2) is 0 Å². The fourth-order valence-electron chi connectivity index (χ4n) is 1.89. The van der Waals surface area contributed by atoms with Crippen LogP contribution in [-0.2, 0) is 9.53 Å². The number of aliphatic hydroxyl groups is 2. The van der Waals surface area contributed by atoms with Gasteiger partial charge >= 0.3 is 5.97 Å². The van der Waals surface area contributed by atoms with E-state index in [1.54, 1.807) is 6.92 Å². The van der Waals surface area contributed by atoms with Gasteiger partial charge in [0.2, 0.25) is 0 Å². The summed E-state index contributed by atoms with van der Waals surface area (Å²) in [6.07, 6.45) is 7.82.